The predicted octanol–water partition coefficient (Wildman–Crippen LogP) is 3.18. The molecule has 0 saturated carbocycles. The summed E-state index contributed by atoms with van der Waals surface area (Å²) < 4.78 is 0. The van der Waals surface area contributed by atoms with Gasteiger partial charge in [-0.2, -0.15) is 0 Å². The number of nitrogens with one attached hydrogen (secondary N) is 2. The molecule has 1 heterocycles. The van der Waals surface area contributed by atoms with Crippen molar-refractivity contribution in [3.63, 3.8) is 0 Å². The van der Waals surface area contributed by atoms with Crippen molar-refractivity contribution in [2.24, 2.45) is 0 Å². The monoisotopic (exact) mass is 290 g/mol. The Labute approximate surface area is 119 Å². The Hall–Kier alpha value is -0.710. The summed E-state index contributed by atoms with van der Waals surface area (Å²) in [6, 6.07) is 2.10. The molecule has 1 unspecified atom stereocenters. The van der Waals surface area contributed by atoms with E-state index in [1.54, 1.807) is 6.07 Å². The second-order valence-corrected chi connectivity index (χ2v) is 5.19. The minimum atomic E-state index is 0.390. The lowest BCUT2D eigenvalue weighted by atomic mass is 10.3. The molecule has 1 aromatic rings. The van der Waals surface area contributed by atoms with Gasteiger partial charge in [-0.25, -0.2) is 4.98 Å². The topological polar surface area (TPSA) is 40.2 Å². The summed E-state index contributed by atoms with van der Waals surface area (Å²) in [5.74, 6) is 1.31. The maximum atomic E-state index is 6.11. The Morgan fingerprint density at radius 3 is 2.28 bits per heavy atom. The lowest BCUT2D eigenvalue weighted by Gasteiger charge is -2.21. The first-order valence-electron chi connectivity index (χ1n) is 5.95. The quantitative estimate of drug-likeness (QED) is 0.844. The zero-order valence-electron chi connectivity index (χ0n) is 11.2. The molecular weight excluding hydrogens is 271 g/mol. The van der Waals surface area contributed by atoms with E-state index in [4.69, 9.17) is 23.2 Å². The summed E-state index contributed by atoms with van der Waals surface area (Å²) in [5, 5.41) is 7.41. The molecule has 0 spiro atoms. The number of halogens is 2. The van der Waals surface area contributed by atoms with Crippen molar-refractivity contribution < 1.29 is 0 Å². The van der Waals surface area contributed by atoms with Crippen molar-refractivity contribution in [3.05, 3.63) is 16.1 Å². The van der Waals surface area contributed by atoms with Gasteiger partial charge in [-0.05, 0) is 34.0 Å². The van der Waals surface area contributed by atoms with Crippen LogP contribution in [0.25, 0.3) is 0 Å². The molecule has 102 valence electrons. The third-order valence-electron chi connectivity index (χ3n) is 2.72. The fraction of sp³-hybridized carbons (Fsp3) is 0.583. The van der Waals surface area contributed by atoms with E-state index in [0.717, 1.165) is 13.1 Å². The third-order valence-corrected chi connectivity index (χ3v) is 3.30. The zero-order valence-corrected chi connectivity index (χ0v) is 12.7. The van der Waals surface area contributed by atoms with Crippen LogP contribution >= 0.6 is 23.2 Å². The highest BCUT2D eigenvalue weighted by molar-refractivity contribution is 6.37. The van der Waals surface area contributed by atoms with E-state index < -0.39 is 0 Å². The average molecular weight is 291 g/mol. The summed E-state index contributed by atoms with van der Waals surface area (Å²) >= 11 is 12.2. The summed E-state index contributed by atoms with van der Waals surface area (Å²) in [4.78, 5) is 6.52. The highest BCUT2D eigenvalue weighted by Crippen LogP contribution is 2.29. The maximum Gasteiger partial charge on any atom is 0.147 e. The molecule has 0 aliphatic carbocycles. The summed E-state index contributed by atoms with van der Waals surface area (Å²) in [5.41, 5.74) is 0. The van der Waals surface area contributed by atoms with E-state index in [2.05, 4.69) is 27.4 Å². The minimum Gasteiger partial charge on any atom is -0.369 e. The third kappa shape index (κ3) is 4.19. The van der Waals surface area contributed by atoms with Crippen molar-refractivity contribution in [2.75, 3.05) is 37.8 Å². The van der Waals surface area contributed by atoms with Gasteiger partial charge in [0.15, 0.2) is 0 Å². The van der Waals surface area contributed by atoms with Gasteiger partial charge in [0.1, 0.15) is 11.6 Å². The Bertz CT molecular complexity index is 396. The van der Waals surface area contributed by atoms with E-state index >= 15 is 0 Å². The lowest BCUT2D eigenvalue weighted by Crippen LogP contribution is -2.31. The second-order valence-electron chi connectivity index (χ2n) is 4.37. The maximum absolute atomic E-state index is 6.11. The largest absolute Gasteiger partial charge is 0.369 e. The van der Waals surface area contributed by atoms with E-state index in [1.807, 2.05) is 21.0 Å². The summed E-state index contributed by atoms with van der Waals surface area (Å²) in [6.07, 6.45) is 0. The molecule has 0 aromatic carbocycles. The van der Waals surface area contributed by atoms with Crippen LogP contribution in [0.4, 0.5) is 11.6 Å². The van der Waals surface area contributed by atoms with Crippen LogP contribution in [-0.4, -0.2) is 43.1 Å². The molecule has 0 fully saturated rings. The van der Waals surface area contributed by atoms with E-state index in [0.29, 0.717) is 27.7 Å². The van der Waals surface area contributed by atoms with Crippen molar-refractivity contribution in [1.82, 2.24) is 9.88 Å². The highest BCUT2D eigenvalue weighted by atomic mass is 35.5. The van der Waals surface area contributed by atoms with Crippen LogP contribution in [0, 0.1) is 0 Å². The van der Waals surface area contributed by atoms with Gasteiger partial charge in [-0.3, -0.25) is 0 Å². The lowest BCUT2D eigenvalue weighted by molar-refractivity contribution is 0.326. The van der Waals surface area contributed by atoms with E-state index in [1.165, 1.54) is 0 Å². The fourth-order valence-electron chi connectivity index (χ4n) is 1.31. The molecular formula is C12H20Cl2N4. The number of hydrogen-bond donors (Lipinski definition) is 2. The van der Waals surface area contributed by atoms with Crippen LogP contribution in [0.5, 0.6) is 0 Å². The van der Waals surface area contributed by atoms with Gasteiger partial charge < -0.3 is 15.5 Å². The normalized spacial score (nSPS) is 12.6. The number of nitrogens with zero attached hydrogens (tertiary/aromatic N) is 2. The molecule has 0 radical (unpaired) electrons. The summed E-state index contributed by atoms with van der Waals surface area (Å²) in [7, 11) is 4.07. The Morgan fingerprint density at radius 2 is 1.78 bits per heavy atom. The first-order valence-corrected chi connectivity index (χ1v) is 6.71. The van der Waals surface area contributed by atoms with Crippen molar-refractivity contribution in [2.45, 2.75) is 19.9 Å². The molecule has 0 saturated heterocycles. The molecule has 0 aliphatic heterocycles. The van der Waals surface area contributed by atoms with Gasteiger partial charge in [0.2, 0.25) is 0 Å². The standard InChI is InChI=1S/C12H20Cl2N4/c1-5-15-11-9(13)6-10(14)12(17-11)16-7-8(2)18(3)4/h6,8H,5,7H2,1-4H3,(H2,15,16,17). The average Bonchev–Trinajstić information content (AvgIpc) is 2.30. The SMILES string of the molecule is CCNc1nc(NCC(C)N(C)C)c(Cl)cc1Cl. The van der Waals surface area contributed by atoms with Gasteiger partial charge in [0.05, 0.1) is 10.0 Å². The van der Waals surface area contributed by atoms with E-state index in [-0.39, 0.29) is 0 Å². The van der Waals surface area contributed by atoms with Crippen molar-refractivity contribution in [1.29, 1.82) is 0 Å². The van der Waals surface area contributed by atoms with Crippen LogP contribution < -0.4 is 10.6 Å². The number of likely N-dealkylation sites (N-methyl/N-ethyl adjacent to an activating group) is 1. The van der Waals surface area contributed by atoms with Crippen LogP contribution in [0.1, 0.15) is 13.8 Å². The van der Waals surface area contributed by atoms with Gasteiger partial charge >= 0.3 is 0 Å². The molecule has 0 aliphatic rings. The van der Waals surface area contributed by atoms with Gasteiger partial charge in [-0.1, -0.05) is 23.2 Å². The van der Waals surface area contributed by atoms with Crippen molar-refractivity contribution >= 4 is 34.8 Å². The van der Waals surface area contributed by atoms with Gasteiger partial charge in [0.25, 0.3) is 0 Å². The zero-order chi connectivity index (χ0) is 13.7. The first-order chi connectivity index (χ1) is 8.45. The molecule has 6 heteroatoms. The number of anilines is 2. The molecule has 2 N–H and O–H groups in total. The first kappa shape index (κ1) is 15.3. The molecule has 18 heavy (non-hydrogen) atoms. The Morgan fingerprint density at radius 1 is 1.22 bits per heavy atom. The predicted molar refractivity (Wildman–Crippen MR) is 80.1 cm³/mol. The Balaban J connectivity index is 2.78. The summed E-state index contributed by atoms with van der Waals surface area (Å²) in [6.45, 7) is 5.66. The molecule has 4 nitrogen and oxygen atoms in total. The molecule has 1 rings (SSSR count). The molecule has 0 amide bonds. The van der Waals surface area contributed by atoms with Crippen LogP contribution in [0.15, 0.2) is 6.07 Å². The molecule has 1 aromatic heterocycles. The minimum absolute atomic E-state index is 0.390. The smallest absolute Gasteiger partial charge is 0.147 e. The van der Waals surface area contributed by atoms with Crippen molar-refractivity contribution in [3.8, 4) is 0 Å². The van der Waals surface area contributed by atoms with Crippen LogP contribution in [0.3, 0.4) is 0 Å². The number of aromatic nitrogens is 1. The Kier molecular flexibility index (Phi) is 5.99. The number of rotatable bonds is 6. The van der Waals surface area contributed by atoms with Crippen LogP contribution in [0.2, 0.25) is 10.0 Å². The van der Waals surface area contributed by atoms with Crippen LogP contribution in [-0.2, 0) is 0 Å². The number of pyridine rings is 1. The second kappa shape index (κ2) is 7.02. The molecule has 0 bridgehead atoms. The van der Waals surface area contributed by atoms with Gasteiger partial charge in [-0.15, -0.1) is 0 Å². The fourth-order valence-corrected chi connectivity index (χ4v) is 1.80. The highest BCUT2D eigenvalue weighted by Gasteiger charge is 2.10. The van der Waals surface area contributed by atoms with E-state index in [9.17, 15) is 0 Å². The number of hydrogen-bond acceptors (Lipinski definition) is 4. The van der Waals surface area contributed by atoms with Gasteiger partial charge in [0, 0.05) is 19.1 Å². The molecule has 1 atom stereocenters.